The van der Waals surface area contributed by atoms with E-state index in [-0.39, 0.29) is 17.7 Å². The molecular weight excluding hydrogens is 306 g/mol. The van der Waals surface area contributed by atoms with Crippen molar-refractivity contribution in [3.8, 4) is 11.6 Å². The van der Waals surface area contributed by atoms with E-state index in [9.17, 15) is 9.59 Å². The topological polar surface area (TPSA) is 80.3 Å². The SMILES string of the molecule is CC(C)C(=O)Nc1ccc(Oc2ccc3c(c2)NC(=O)CC3)nc1. The number of aryl methyl sites for hydroxylation is 1. The van der Waals surface area contributed by atoms with Crippen LogP contribution in [0.2, 0.25) is 0 Å². The molecule has 0 spiro atoms. The molecule has 0 atom stereocenters. The van der Waals surface area contributed by atoms with E-state index in [1.807, 2.05) is 26.0 Å². The molecule has 0 bridgehead atoms. The molecule has 0 fully saturated rings. The van der Waals surface area contributed by atoms with Gasteiger partial charge in [0.05, 0.1) is 11.9 Å². The summed E-state index contributed by atoms with van der Waals surface area (Å²) in [6.07, 6.45) is 2.80. The highest BCUT2D eigenvalue weighted by molar-refractivity contribution is 5.94. The number of hydrogen-bond acceptors (Lipinski definition) is 4. The van der Waals surface area contributed by atoms with E-state index in [2.05, 4.69) is 15.6 Å². The molecule has 2 N–H and O–H groups in total. The second kappa shape index (κ2) is 6.70. The Bertz CT molecular complexity index is 770. The average Bonchev–Trinajstić information content (AvgIpc) is 2.56. The van der Waals surface area contributed by atoms with Gasteiger partial charge in [0.1, 0.15) is 5.75 Å². The van der Waals surface area contributed by atoms with E-state index < -0.39 is 0 Å². The van der Waals surface area contributed by atoms with Crippen molar-refractivity contribution in [1.82, 2.24) is 4.98 Å². The van der Waals surface area contributed by atoms with Crippen LogP contribution in [0.15, 0.2) is 36.5 Å². The van der Waals surface area contributed by atoms with Gasteiger partial charge < -0.3 is 15.4 Å². The summed E-state index contributed by atoms with van der Waals surface area (Å²) in [5, 5.41) is 5.61. The molecule has 24 heavy (non-hydrogen) atoms. The number of hydrogen-bond donors (Lipinski definition) is 2. The van der Waals surface area contributed by atoms with Gasteiger partial charge in [-0.25, -0.2) is 4.98 Å². The van der Waals surface area contributed by atoms with E-state index in [0.717, 1.165) is 17.7 Å². The number of carbonyl (C=O) groups excluding carboxylic acids is 2. The maximum Gasteiger partial charge on any atom is 0.226 e. The maximum atomic E-state index is 11.6. The number of benzene rings is 1. The third kappa shape index (κ3) is 3.71. The largest absolute Gasteiger partial charge is 0.439 e. The first-order valence-corrected chi connectivity index (χ1v) is 7.89. The number of nitrogens with one attached hydrogen (secondary N) is 2. The molecule has 0 radical (unpaired) electrons. The summed E-state index contributed by atoms with van der Waals surface area (Å²) < 4.78 is 5.71. The molecule has 0 saturated heterocycles. The smallest absolute Gasteiger partial charge is 0.226 e. The van der Waals surface area contributed by atoms with Crippen LogP contribution in [0.4, 0.5) is 11.4 Å². The van der Waals surface area contributed by atoms with Crippen LogP contribution in [0.1, 0.15) is 25.8 Å². The summed E-state index contributed by atoms with van der Waals surface area (Å²) in [5.41, 5.74) is 2.50. The van der Waals surface area contributed by atoms with Gasteiger partial charge in [-0.05, 0) is 24.1 Å². The summed E-state index contributed by atoms with van der Waals surface area (Å²) in [4.78, 5) is 27.3. The number of rotatable bonds is 4. The monoisotopic (exact) mass is 325 g/mol. The van der Waals surface area contributed by atoms with Crippen molar-refractivity contribution in [3.05, 3.63) is 42.1 Å². The second-order valence-electron chi connectivity index (χ2n) is 6.00. The number of nitrogens with zero attached hydrogens (tertiary/aromatic N) is 1. The molecule has 6 heteroatoms. The maximum absolute atomic E-state index is 11.6. The zero-order chi connectivity index (χ0) is 17.1. The van der Waals surface area contributed by atoms with Crippen molar-refractivity contribution in [2.75, 3.05) is 10.6 Å². The van der Waals surface area contributed by atoms with Gasteiger partial charge in [0.15, 0.2) is 0 Å². The molecule has 1 aliphatic rings. The van der Waals surface area contributed by atoms with E-state index in [1.165, 1.54) is 0 Å². The zero-order valence-corrected chi connectivity index (χ0v) is 13.6. The van der Waals surface area contributed by atoms with Gasteiger partial charge in [0.2, 0.25) is 17.7 Å². The Hall–Kier alpha value is -2.89. The van der Waals surface area contributed by atoms with Gasteiger partial charge in [-0.3, -0.25) is 9.59 Å². The number of pyridine rings is 1. The van der Waals surface area contributed by atoms with Gasteiger partial charge in [0.25, 0.3) is 0 Å². The number of carbonyl (C=O) groups is 2. The van der Waals surface area contributed by atoms with Crippen molar-refractivity contribution in [2.24, 2.45) is 5.92 Å². The molecule has 2 heterocycles. The molecule has 0 unspecified atom stereocenters. The fourth-order valence-electron chi connectivity index (χ4n) is 2.34. The number of anilines is 2. The predicted molar refractivity (Wildman–Crippen MR) is 91.2 cm³/mol. The first-order valence-electron chi connectivity index (χ1n) is 7.89. The summed E-state index contributed by atoms with van der Waals surface area (Å²) >= 11 is 0. The zero-order valence-electron chi connectivity index (χ0n) is 13.6. The predicted octanol–water partition coefficient (Wildman–Crippen LogP) is 3.35. The van der Waals surface area contributed by atoms with Gasteiger partial charge >= 0.3 is 0 Å². The molecule has 2 amide bonds. The van der Waals surface area contributed by atoms with Gasteiger partial charge in [-0.15, -0.1) is 0 Å². The molecule has 3 rings (SSSR count). The number of amides is 2. The van der Waals surface area contributed by atoms with Crippen molar-refractivity contribution in [1.29, 1.82) is 0 Å². The molecule has 1 aliphatic heterocycles. The summed E-state index contributed by atoms with van der Waals surface area (Å²) in [7, 11) is 0. The number of ether oxygens (including phenoxy) is 1. The van der Waals surface area contributed by atoms with Crippen LogP contribution in [0.25, 0.3) is 0 Å². The Morgan fingerprint density at radius 3 is 2.79 bits per heavy atom. The number of aromatic nitrogens is 1. The van der Waals surface area contributed by atoms with E-state index in [1.54, 1.807) is 24.4 Å². The third-order valence-electron chi connectivity index (χ3n) is 3.73. The van der Waals surface area contributed by atoms with Crippen LogP contribution in [0.3, 0.4) is 0 Å². The van der Waals surface area contributed by atoms with Crippen molar-refractivity contribution < 1.29 is 14.3 Å². The van der Waals surface area contributed by atoms with Gasteiger partial charge in [-0.2, -0.15) is 0 Å². The molecule has 0 saturated carbocycles. The van der Waals surface area contributed by atoms with Crippen LogP contribution >= 0.6 is 0 Å². The highest BCUT2D eigenvalue weighted by Crippen LogP contribution is 2.29. The standard InChI is InChI=1S/C18H19N3O3/c1-11(2)18(23)20-13-5-8-17(19-10-13)24-14-6-3-12-4-7-16(22)21-15(12)9-14/h3,5-6,8-11H,4,7H2,1-2H3,(H,20,23)(H,21,22). The Morgan fingerprint density at radius 1 is 1.25 bits per heavy atom. The summed E-state index contributed by atoms with van der Waals surface area (Å²) in [6.45, 7) is 3.66. The first-order chi connectivity index (χ1) is 11.5. The summed E-state index contributed by atoms with van der Waals surface area (Å²) in [6, 6.07) is 9.02. The summed E-state index contributed by atoms with van der Waals surface area (Å²) in [5.74, 6) is 0.882. The molecule has 124 valence electrons. The quantitative estimate of drug-likeness (QED) is 0.903. The highest BCUT2D eigenvalue weighted by atomic mass is 16.5. The van der Waals surface area contributed by atoms with E-state index in [0.29, 0.717) is 23.7 Å². The lowest BCUT2D eigenvalue weighted by atomic mass is 10.0. The molecular formula is C18H19N3O3. The average molecular weight is 325 g/mol. The lowest BCUT2D eigenvalue weighted by Crippen LogP contribution is -2.18. The van der Waals surface area contributed by atoms with Crippen LogP contribution in [-0.2, 0) is 16.0 Å². The normalized spacial score (nSPS) is 13.2. The van der Waals surface area contributed by atoms with Crippen LogP contribution < -0.4 is 15.4 Å². The van der Waals surface area contributed by atoms with E-state index >= 15 is 0 Å². The fraction of sp³-hybridized carbons (Fsp3) is 0.278. The molecule has 1 aromatic heterocycles. The minimum absolute atomic E-state index is 0.0167. The van der Waals surface area contributed by atoms with Crippen LogP contribution in [-0.4, -0.2) is 16.8 Å². The first kappa shape index (κ1) is 16.0. The van der Waals surface area contributed by atoms with Crippen LogP contribution in [0.5, 0.6) is 11.6 Å². The van der Waals surface area contributed by atoms with E-state index in [4.69, 9.17) is 4.74 Å². The Morgan fingerprint density at radius 2 is 2.08 bits per heavy atom. The molecule has 1 aromatic carbocycles. The van der Waals surface area contributed by atoms with Gasteiger partial charge in [0, 0.05) is 30.2 Å². The fourth-order valence-corrected chi connectivity index (χ4v) is 2.34. The minimum atomic E-state index is -0.0911. The Kier molecular flexibility index (Phi) is 4.46. The number of fused-ring (bicyclic) bond motifs is 1. The lowest BCUT2D eigenvalue weighted by molar-refractivity contribution is -0.119. The van der Waals surface area contributed by atoms with Crippen molar-refractivity contribution in [3.63, 3.8) is 0 Å². The molecule has 6 nitrogen and oxygen atoms in total. The highest BCUT2D eigenvalue weighted by Gasteiger charge is 2.15. The third-order valence-corrected chi connectivity index (χ3v) is 3.73. The Balaban J connectivity index is 1.69. The van der Waals surface area contributed by atoms with Gasteiger partial charge in [-0.1, -0.05) is 19.9 Å². The van der Waals surface area contributed by atoms with Crippen LogP contribution in [0, 0.1) is 5.92 Å². The Labute approximate surface area is 140 Å². The van der Waals surface area contributed by atoms with Crippen molar-refractivity contribution in [2.45, 2.75) is 26.7 Å². The van der Waals surface area contributed by atoms with Crippen molar-refractivity contribution >= 4 is 23.2 Å². The molecule has 2 aromatic rings. The second-order valence-corrected chi connectivity index (χ2v) is 6.00. The lowest BCUT2D eigenvalue weighted by Gasteiger charge is -2.17. The molecule has 0 aliphatic carbocycles. The minimum Gasteiger partial charge on any atom is -0.439 e.